The van der Waals surface area contributed by atoms with Gasteiger partial charge in [0, 0.05) is 56.9 Å². The van der Waals surface area contributed by atoms with E-state index >= 15 is 0 Å². The normalized spacial score (nSPS) is 15.0. The molecule has 2 saturated carbocycles. The van der Waals surface area contributed by atoms with E-state index in [1.807, 2.05) is 48.5 Å². The van der Waals surface area contributed by atoms with E-state index in [2.05, 4.69) is 156 Å². The number of nitrogens with zero attached hydrogens (tertiary/aromatic N) is 7. The standard InChI is InChI=1S/C66H51N7/c67-39-44-13-11-15-48(32-44)58-25-23-52(42-69-58)65(27-7-8-28-65)37-46-31-47(38-66(29-9-10-30-66)53-24-26-59(70-43-53)49-16-12-14-45(33-49)40-68)35-50(34-46)54-17-1-2-18-55(54)51-36-57-63(71-41-51)56-19-3-5-21-61(56)73-62-22-6-4-20-60(62)72-64(57)73/h1-6,11-26,31-36,41-43H,7-10,27-30,37-38H2. The van der Waals surface area contributed by atoms with Crippen molar-refractivity contribution in [2.75, 3.05) is 0 Å². The number of para-hydroxylation sites is 3. The highest BCUT2D eigenvalue weighted by molar-refractivity contribution is 6.13. The molecule has 0 aliphatic heterocycles. The molecule has 0 atom stereocenters. The van der Waals surface area contributed by atoms with Gasteiger partial charge >= 0.3 is 0 Å². The molecule has 0 saturated heterocycles. The molecule has 2 aliphatic carbocycles. The molecule has 11 aromatic rings. The van der Waals surface area contributed by atoms with Crippen molar-refractivity contribution in [3.63, 3.8) is 0 Å². The smallest absolute Gasteiger partial charge is 0.147 e. The average molecular weight is 942 g/mol. The van der Waals surface area contributed by atoms with Crippen molar-refractivity contribution in [2.24, 2.45) is 0 Å². The van der Waals surface area contributed by atoms with Crippen molar-refractivity contribution in [1.82, 2.24) is 24.3 Å². The minimum absolute atomic E-state index is 0.0623. The first-order valence-corrected chi connectivity index (χ1v) is 25.7. The second-order valence-corrected chi connectivity index (χ2v) is 20.6. The summed E-state index contributed by atoms with van der Waals surface area (Å²) in [4.78, 5) is 20.6. The lowest BCUT2D eigenvalue weighted by atomic mass is 9.72. The monoisotopic (exact) mass is 941 g/mol. The van der Waals surface area contributed by atoms with Gasteiger partial charge in [-0.25, -0.2) is 4.98 Å². The van der Waals surface area contributed by atoms with Crippen LogP contribution in [0.2, 0.25) is 0 Å². The molecule has 2 aliphatic rings. The molecule has 73 heavy (non-hydrogen) atoms. The number of rotatable bonds is 10. The Morgan fingerprint density at radius 1 is 0.452 bits per heavy atom. The van der Waals surface area contributed by atoms with Gasteiger partial charge in [-0.2, -0.15) is 10.5 Å². The van der Waals surface area contributed by atoms with E-state index in [1.54, 1.807) is 0 Å². The molecule has 13 rings (SSSR count). The van der Waals surface area contributed by atoms with Crippen LogP contribution in [0.1, 0.15) is 84.7 Å². The Hall–Kier alpha value is -8.78. The van der Waals surface area contributed by atoms with Gasteiger partial charge < -0.3 is 0 Å². The molecule has 2 fully saturated rings. The Kier molecular flexibility index (Phi) is 11.0. The number of imidazole rings is 1. The van der Waals surface area contributed by atoms with Crippen LogP contribution < -0.4 is 0 Å². The lowest BCUT2D eigenvalue weighted by Crippen LogP contribution is -2.27. The second-order valence-electron chi connectivity index (χ2n) is 20.6. The summed E-state index contributed by atoms with van der Waals surface area (Å²) in [6, 6.07) is 64.4. The molecular weight excluding hydrogens is 891 g/mol. The third-order valence-corrected chi connectivity index (χ3v) is 16.2. The number of benzene rings is 6. The number of fused-ring (bicyclic) bond motifs is 8. The van der Waals surface area contributed by atoms with Gasteiger partial charge in [0.1, 0.15) is 5.65 Å². The molecule has 0 bridgehead atoms. The van der Waals surface area contributed by atoms with Gasteiger partial charge in [-0.3, -0.25) is 19.4 Å². The quantitative estimate of drug-likeness (QED) is 0.127. The van der Waals surface area contributed by atoms with Gasteiger partial charge in [-0.15, -0.1) is 0 Å². The highest BCUT2D eigenvalue weighted by Crippen LogP contribution is 2.48. The summed E-state index contributed by atoms with van der Waals surface area (Å²) in [5.41, 5.74) is 19.6. The van der Waals surface area contributed by atoms with E-state index in [4.69, 9.17) is 19.9 Å². The van der Waals surface area contributed by atoms with E-state index in [9.17, 15) is 10.5 Å². The minimum Gasteiger partial charge on any atom is -0.292 e. The predicted molar refractivity (Wildman–Crippen MR) is 293 cm³/mol. The molecule has 5 heterocycles. The van der Waals surface area contributed by atoms with Gasteiger partial charge in [0.25, 0.3) is 0 Å². The summed E-state index contributed by atoms with van der Waals surface area (Å²) in [6.45, 7) is 0. The summed E-state index contributed by atoms with van der Waals surface area (Å²) < 4.78 is 2.29. The third-order valence-electron chi connectivity index (χ3n) is 16.2. The first-order chi connectivity index (χ1) is 36.0. The number of nitriles is 2. The molecule has 7 nitrogen and oxygen atoms in total. The summed E-state index contributed by atoms with van der Waals surface area (Å²) in [5, 5.41) is 21.3. The van der Waals surface area contributed by atoms with Crippen molar-refractivity contribution in [1.29, 1.82) is 10.5 Å². The Labute approximate surface area is 425 Å². The Bertz CT molecular complexity index is 3870. The van der Waals surface area contributed by atoms with E-state index in [1.165, 1.54) is 59.1 Å². The molecule has 0 amide bonds. The maximum atomic E-state index is 9.61. The molecule has 7 heteroatoms. The molecule has 0 N–H and O–H groups in total. The van der Waals surface area contributed by atoms with Crippen LogP contribution in [0.15, 0.2) is 188 Å². The molecule has 6 aromatic carbocycles. The van der Waals surface area contributed by atoms with Crippen LogP contribution in [0.5, 0.6) is 0 Å². The van der Waals surface area contributed by atoms with E-state index in [0.717, 1.165) is 111 Å². The van der Waals surface area contributed by atoms with E-state index in [0.29, 0.717) is 11.1 Å². The Balaban J connectivity index is 0.936. The first-order valence-electron chi connectivity index (χ1n) is 25.7. The number of hydrogen-bond donors (Lipinski definition) is 0. The highest BCUT2D eigenvalue weighted by Gasteiger charge is 2.38. The molecule has 0 unspecified atom stereocenters. The lowest BCUT2D eigenvalue weighted by Gasteiger charge is -2.32. The van der Waals surface area contributed by atoms with Gasteiger partial charge in [0.05, 0.1) is 56.7 Å². The Morgan fingerprint density at radius 3 is 1.58 bits per heavy atom. The average Bonchev–Trinajstić information content (AvgIpc) is 4.24. The number of hydrogen-bond acceptors (Lipinski definition) is 6. The van der Waals surface area contributed by atoms with Gasteiger partial charge in [-0.1, -0.05) is 135 Å². The summed E-state index contributed by atoms with van der Waals surface area (Å²) in [7, 11) is 0. The molecule has 5 aromatic heterocycles. The maximum absolute atomic E-state index is 9.61. The van der Waals surface area contributed by atoms with Crippen LogP contribution in [-0.4, -0.2) is 24.3 Å². The van der Waals surface area contributed by atoms with Crippen molar-refractivity contribution in [3.8, 4) is 56.9 Å². The largest absolute Gasteiger partial charge is 0.292 e. The van der Waals surface area contributed by atoms with Crippen LogP contribution >= 0.6 is 0 Å². The summed E-state index contributed by atoms with van der Waals surface area (Å²) >= 11 is 0. The molecule has 0 spiro atoms. The summed E-state index contributed by atoms with van der Waals surface area (Å²) in [5.74, 6) is 0. The zero-order valence-corrected chi connectivity index (χ0v) is 40.6. The molecule has 0 radical (unpaired) electrons. The van der Waals surface area contributed by atoms with Crippen LogP contribution in [0.25, 0.3) is 83.3 Å². The summed E-state index contributed by atoms with van der Waals surface area (Å²) in [6.07, 6.45) is 17.2. The number of aromatic nitrogens is 5. The van der Waals surface area contributed by atoms with Crippen LogP contribution in [0.4, 0.5) is 0 Å². The third kappa shape index (κ3) is 7.90. The minimum atomic E-state index is -0.0623. The van der Waals surface area contributed by atoms with Gasteiger partial charge in [-0.05, 0) is 138 Å². The van der Waals surface area contributed by atoms with E-state index in [-0.39, 0.29) is 10.8 Å². The van der Waals surface area contributed by atoms with Crippen LogP contribution in [0.3, 0.4) is 0 Å². The van der Waals surface area contributed by atoms with Crippen LogP contribution in [-0.2, 0) is 23.7 Å². The molecule has 350 valence electrons. The van der Waals surface area contributed by atoms with Crippen LogP contribution in [0, 0.1) is 22.7 Å². The Morgan fingerprint density at radius 2 is 1.00 bits per heavy atom. The van der Waals surface area contributed by atoms with Gasteiger partial charge in [0.2, 0.25) is 0 Å². The van der Waals surface area contributed by atoms with Crippen molar-refractivity contribution in [3.05, 3.63) is 222 Å². The topological polar surface area (TPSA) is 104 Å². The highest BCUT2D eigenvalue weighted by atomic mass is 15.0. The zero-order valence-electron chi connectivity index (χ0n) is 40.6. The predicted octanol–water partition coefficient (Wildman–Crippen LogP) is 15.5. The fraction of sp³-hybridized carbons (Fsp3) is 0.182. The van der Waals surface area contributed by atoms with Gasteiger partial charge in [0.15, 0.2) is 0 Å². The number of pyridine rings is 4. The zero-order chi connectivity index (χ0) is 48.9. The fourth-order valence-corrected chi connectivity index (χ4v) is 12.7. The van der Waals surface area contributed by atoms with E-state index < -0.39 is 0 Å². The fourth-order valence-electron chi connectivity index (χ4n) is 12.7. The first kappa shape index (κ1) is 44.2. The lowest BCUT2D eigenvalue weighted by molar-refractivity contribution is 0.431. The second kappa shape index (κ2) is 18.1. The van der Waals surface area contributed by atoms with Crippen molar-refractivity contribution in [2.45, 2.75) is 75.0 Å². The van der Waals surface area contributed by atoms with Crippen molar-refractivity contribution >= 4 is 38.5 Å². The SMILES string of the molecule is N#Cc1cccc(-c2ccc(C3(Cc4cc(CC5(c6ccc(-c7cccc(C#N)c7)nc6)CCCC5)cc(-c5ccccc5-c5cnc6c7ccccc7n7c8ccccc8nc7c6c5)c4)CCCC3)cn2)c1. The maximum Gasteiger partial charge on any atom is 0.147 e. The molecular formula is C66H51N7. The van der Waals surface area contributed by atoms with Crippen molar-refractivity contribution < 1.29 is 0 Å².